The van der Waals surface area contributed by atoms with Gasteiger partial charge in [-0.15, -0.1) is 11.8 Å². The summed E-state index contributed by atoms with van der Waals surface area (Å²) >= 11 is 7.53. The first-order valence-electron chi connectivity index (χ1n) is 5.55. The smallest absolute Gasteiger partial charge is 0.132 e. The predicted octanol–water partition coefficient (Wildman–Crippen LogP) is 3.41. The Kier molecular flexibility index (Phi) is 6.03. The average Bonchev–Trinajstić information content (AvgIpc) is 2.25. The van der Waals surface area contributed by atoms with Crippen LogP contribution in [0.3, 0.4) is 0 Å². The summed E-state index contributed by atoms with van der Waals surface area (Å²) in [5.74, 6) is 0.884. The number of thioether (sulfide) groups is 1. The molecule has 0 spiro atoms. The molecule has 1 aromatic rings. The number of rotatable bonds is 6. The van der Waals surface area contributed by atoms with Crippen molar-refractivity contribution in [2.45, 2.75) is 31.3 Å². The molecule has 0 aliphatic heterocycles. The molecule has 0 heterocycles. The van der Waals surface area contributed by atoms with Crippen molar-refractivity contribution in [3.8, 4) is 0 Å². The van der Waals surface area contributed by atoms with Crippen molar-refractivity contribution < 1.29 is 9.90 Å². The van der Waals surface area contributed by atoms with Crippen LogP contribution in [0.2, 0.25) is 5.02 Å². The Morgan fingerprint density at radius 2 is 2.24 bits per heavy atom. The number of benzene rings is 1. The molecule has 0 aliphatic rings. The largest absolute Gasteiger partial charge is 0.392 e. The van der Waals surface area contributed by atoms with Crippen LogP contribution in [0, 0.1) is 5.92 Å². The lowest BCUT2D eigenvalue weighted by atomic mass is 10.0. The van der Waals surface area contributed by atoms with E-state index in [0.717, 1.165) is 10.6 Å². The fraction of sp³-hybridized carbons (Fsp3) is 0.462. The van der Waals surface area contributed by atoms with E-state index < -0.39 is 6.10 Å². The molecule has 1 N–H and O–H groups in total. The molecule has 1 rings (SSSR count). The number of hydrogen-bond acceptors (Lipinski definition) is 3. The monoisotopic (exact) mass is 272 g/mol. The van der Waals surface area contributed by atoms with Gasteiger partial charge < -0.3 is 5.11 Å². The third kappa shape index (κ3) is 5.57. The zero-order valence-corrected chi connectivity index (χ0v) is 11.6. The number of aliphatic hydroxyl groups is 1. The molecular formula is C13H17ClO2S. The SMILES string of the molecule is CC(=O)CC(O)C(C)CSc1cccc(Cl)c1. The van der Waals surface area contributed by atoms with Gasteiger partial charge in [0.05, 0.1) is 6.10 Å². The molecule has 0 saturated heterocycles. The molecule has 1 aromatic carbocycles. The number of carbonyl (C=O) groups excluding carboxylic acids is 1. The van der Waals surface area contributed by atoms with Crippen LogP contribution in [-0.4, -0.2) is 22.7 Å². The lowest BCUT2D eigenvalue weighted by Crippen LogP contribution is -2.22. The minimum atomic E-state index is -0.556. The quantitative estimate of drug-likeness (QED) is 0.807. The third-order valence-corrected chi connectivity index (χ3v) is 3.98. The maximum Gasteiger partial charge on any atom is 0.132 e. The Bertz CT molecular complexity index is 381. The summed E-state index contributed by atoms with van der Waals surface area (Å²) in [6, 6.07) is 7.62. The first kappa shape index (κ1) is 14.6. The summed E-state index contributed by atoms with van der Waals surface area (Å²) < 4.78 is 0. The van der Waals surface area contributed by atoms with Gasteiger partial charge in [0.15, 0.2) is 0 Å². The molecule has 0 amide bonds. The van der Waals surface area contributed by atoms with Crippen molar-refractivity contribution >= 4 is 29.1 Å². The highest BCUT2D eigenvalue weighted by atomic mass is 35.5. The Morgan fingerprint density at radius 1 is 1.53 bits per heavy atom. The number of Topliss-reactive ketones (excluding diaryl/α,β-unsaturated/α-hetero) is 1. The Hall–Kier alpha value is -0.510. The highest BCUT2D eigenvalue weighted by Gasteiger charge is 2.16. The second kappa shape index (κ2) is 7.04. The summed E-state index contributed by atoms with van der Waals surface area (Å²) in [4.78, 5) is 12.0. The molecule has 0 saturated carbocycles. The standard InChI is InChI=1S/C13H17ClO2S/c1-9(13(16)6-10(2)15)8-17-12-5-3-4-11(14)7-12/h3-5,7,9,13,16H,6,8H2,1-2H3. The molecule has 0 radical (unpaired) electrons. The molecular weight excluding hydrogens is 256 g/mol. The minimum absolute atomic E-state index is 0.0251. The molecule has 2 nitrogen and oxygen atoms in total. The van der Waals surface area contributed by atoms with Gasteiger partial charge >= 0.3 is 0 Å². The zero-order chi connectivity index (χ0) is 12.8. The van der Waals surface area contributed by atoms with Crippen molar-refractivity contribution in [2.75, 3.05) is 5.75 Å². The van der Waals surface area contributed by atoms with Crippen molar-refractivity contribution in [1.82, 2.24) is 0 Å². The molecule has 0 aliphatic carbocycles. The van der Waals surface area contributed by atoms with Gasteiger partial charge in [-0.3, -0.25) is 4.79 Å². The summed E-state index contributed by atoms with van der Waals surface area (Å²) in [5.41, 5.74) is 0. The topological polar surface area (TPSA) is 37.3 Å². The Labute approximate surface area is 111 Å². The number of halogens is 1. The maximum atomic E-state index is 10.9. The van der Waals surface area contributed by atoms with Crippen LogP contribution >= 0.6 is 23.4 Å². The molecule has 17 heavy (non-hydrogen) atoms. The third-order valence-electron chi connectivity index (χ3n) is 2.46. The first-order valence-corrected chi connectivity index (χ1v) is 6.91. The maximum absolute atomic E-state index is 10.9. The van der Waals surface area contributed by atoms with Crippen LogP contribution in [0.25, 0.3) is 0 Å². The molecule has 0 bridgehead atoms. The Morgan fingerprint density at radius 3 is 2.82 bits per heavy atom. The molecule has 0 aromatic heterocycles. The van der Waals surface area contributed by atoms with E-state index in [2.05, 4.69) is 0 Å². The van der Waals surface area contributed by atoms with Crippen LogP contribution in [0.15, 0.2) is 29.2 Å². The number of ketones is 1. The van der Waals surface area contributed by atoms with Gasteiger partial charge in [0.1, 0.15) is 5.78 Å². The Balaban J connectivity index is 2.42. The molecule has 2 unspecified atom stereocenters. The summed E-state index contributed by atoms with van der Waals surface area (Å²) in [7, 11) is 0. The van der Waals surface area contributed by atoms with E-state index in [4.69, 9.17) is 11.6 Å². The van der Waals surface area contributed by atoms with E-state index in [1.807, 2.05) is 31.2 Å². The van der Waals surface area contributed by atoms with Gasteiger partial charge in [0.25, 0.3) is 0 Å². The van der Waals surface area contributed by atoms with Crippen LogP contribution in [0.1, 0.15) is 20.3 Å². The van der Waals surface area contributed by atoms with Gasteiger partial charge in [-0.1, -0.05) is 24.6 Å². The highest BCUT2D eigenvalue weighted by Crippen LogP contribution is 2.25. The van der Waals surface area contributed by atoms with Gasteiger partial charge in [-0.05, 0) is 31.0 Å². The van der Waals surface area contributed by atoms with Gasteiger partial charge in [-0.25, -0.2) is 0 Å². The van der Waals surface area contributed by atoms with Gasteiger partial charge in [0.2, 0.25) is 0 Å². The van der Waals surface area contributed by atoms with Crippen molar-refractivity contribution in [3.63, 3.8) is 0 Å². The molecule has 94 valence electrons. The summed E-state index contributed by atoms with van der Waals surface area (Å²) in [5, 5.41) is 10.5. The average molecular weight is 273 g/mol. The van der Waals surface area contributed by atoms with E-state index in [9.17, 15) is 9.90 Å². The highest BCUT2D eigenvalue weighted by molar-refractivity contribution is 7.99. The van der Waals surface area contributed by atoms with Crippen LogP contribution < -0.4 is 0 Å². The van der Waals surface area contributed by atoms with E-state index in [0.29, 0.717) is 5.02 Å². The minimum Gasteiger partial charge on any atom is -0.392 e. The van der Waals surface area contributed by atoms with E-state index in [-0.39, 0.29) is 18.1 Å². The fourth-order valence-corrected chi connectivity index (χ4v) is 2.71. The van der Waals surface area contributed by atoms with E-state index in [1.54, 1.807) is 11.8 Å². The second-order valence-electron chi connectivity index (χ2n) is 4.22. The number of hydrogen-bond donors (Lipinski definition) is 1. The van der Waals surface area contributed by atoms with Crippen LogP contribution in [0.5, 0.6) is 0 Å². The molecule has 4 heteroatoms. The normalized spacial score (nSPS) is 14.4. The predicted molar refractivity (Wildman–Crippen MR) is 72.6 cm³/mol. The summed E-state index contributed by atoms with van der Waals surface area (Å²) in [6.45, 7) is 3.45. The first-order chi connectivity index (χ1) is 7.99. The lowest BCUT2D eigenvalue weighted by molar-refractivity contribution is -0.119. The fourth-order valence-electron chi connectivity index (χ4n) is 1.39. The molecule has 2 atom stereocenters. The summed E-state index contributed by atoms with van der Waals surface area (Å²) in [6.07, 6.45) is -0.323. The molecule has 0 fully saturated rings. The van der Waals surface area contributed by atoms with Crippen molar-refractivity contribution in [2.24, 2.45) is 5.92 Å². The number of carbonyl (C=O) groups is 1. The van der Waals surface area contributed by atoms with Gasteiger partial charge in [0, 0.05) is 22.1 Å². The van der Waals surface area contributed by atoms with Crippen LogP contribution in [0.4, 0.5) is 0 Å². The number of aliphatic hydroxyl groups excluding tert-OH is 1. The second-order valence-corrected chi connectivity index (χ2v) is 5.75. The van der Waals surface area contributed by atoms with Crippen molar-refractivity contribution in [1.29, 1.82) is 0 Å². The lowest BCUT2D eigenvalue weighted by Gasteiger charge is -2.17. The van der Waals surface area contributed by atoms with E-state index >= 15 is 0 Å². The van der Waals surface area contributed by atoms with E-state index in [1.165, 1.54) is 6.92 Å². The van der Waals surface area contributed by atoms with Crippen LogP contribution in [-0.2, 0) is 4.79 Å². The van der Waals surface area contributed by atoms with Gasteiger partial charge in [-0.2, -0.15) is 0 Å². The zero-order valence-electron chi connectivity index (χ0n) is 10.0. The van der Waals surface area contributed by atoms with Crippen molar-refractivity contribution in [3.05, 3.63) is 29.3 Å².